The van der Waals surface area contributed by atoms with Crippen LogP contribution in [0.25, 0.3) is 0 Å². The molecule has 186 valence electrons. The molecule has 0 aliphatic carbocycles. The highest BCUT2D eigenvalue weighted by Crippen LogP contribution is 2.22. The summed E-state index contributed by atoms with van der Waals surface area (Å²) in [5.41, 5.74) is 3.41. The summed E-state index contributed by atoms with van der Waals surface area (Å²) in [4.78, 5) is 47.7. The molecule has 0 saturated heterocycles. The van der Waals surface area contributed by atoms with Crippen LogP contribution in [0.2, 0.25) is 10.0 Å². The molecule has 0 radical (unpaired) electrons. The molecule has 36 heavy (non-hydrogen) atoms. The van der Waals surface area contributed by atoms with Gasteiger partial charge in [0.1, 0.15) is 11.5 Å². The van der Waals surface area contributed by atoms with Gasteiger partial charge < -0.3 is 20.4 Å². The maximum atomic E-state index is 12.0. The summed E-state index contributed by atoms with van der Waals surface area (Å²) in [5, 5.41) is 11.6. The van der Waals surface area contributed by atoms with Crippen molar-refractivity contribution in [2.24, 2.45) is 5.10 Å². The Morgan fingerprint density at radius 3 is 2.25 bits per heavy atom. The molecule has 0 saturated carbocycles. The van der Waals surface area contributed by atoms with E-state index in [1.807, 2.05) is 30.3 Å². The number of nitrogens with zero attached hydrogens (tertiary/aromatic N) is 1. The van der Waals surface area contributed by atoms with Crippen LogP contribution in [0.4, 0.5) is 5.69 Å². The Labute approximate surface area is 216 Å². The summed E-state index contributed by atoms with van der Waals surface area (Å²) in [7, 11) is 0. The van der Waals surface area contributed by atoms with E-state index in [0.29, 0.717) is 28.8 Å². The van der Waals surface area contributed by atoms with Gasteiger partial charge in [0.05, 0.1) is 12.8 Å². The summed E-state index contributed by atoms with van der Waals surface area (Å²) in [6.45, 7) is 0.227. The van der Waals surface area contributed by atoms with E-state index in [4.69, 9.17) is 27.6 Å². The summed E-state index contributed by atoms with van der Waals surface area (Å²) in [5.74, 6) is -2.97. The normalized spacial score (nSPS) is 10.6. The lowest BCUT2D eigenvalue weighted by molar-refractivity contribution is -0.139. The lowest BCUT2D eigenvalue weighted by Crippen LogP contribution is -2.38. The van der Waals surface area contributed by atoms with Crippen LogP contribution in [-0.2, 0) is 32.1 Å². The fourth-order valence-corrected chi connectivity index (χ4v) is 3.40. The van der Waals surface area contributed by atoms with Crippen molar-refractivity contribution in [3.63, 3.8) is 0 Å². The average Bonchev–Trinajstić information content (AvgIpc) is 3.30. The van der Waals surface area contributed by atoms with Crippen LogP contribution in [-0.4, -0.2) is 36.4 Å². The number of rotatable bonds is 8. The van der Waals surface area contributed by atoms with Crippen molar-refractivity contribution < 1.29 is 23.6 Å². The van der Waals surface area contributed by atoms with Crippen LogP contribution in [0.3, 0.4) is 0 Å². The van der Waals surface area contributed by atoms with Crippen molar-refractivity contribution in [1.82, 2.24) is 16.1 Å². The zero-order valence-corrected chi connectivity index (χ0v) is 20.2. The molecule has 10 nitrogen and oxygen atoms in total. The van der Waals surface area contributed by atoms with Crippen LogP contribution in [0.1, 0.15) is 17.1 Å². The largest absolute Gasteiger partial charge is 0.458 e. The lowest BCUT2D eigenvalue weighted by atomic mass is 10.1. The number of halogens is 2. The molecule has 12 heteroatoms. The molecule has 2 aromatic carbocycles. The molecule has 0 fully saturated rings. The molecule has 4 amide bonds. The summed E-state index contributed by atoms with van der Waals surface area (Å²) >= 11 is 11.7. The molecule has 4 N–H and O–H groups in total. The highest BCUT2D eigenvalue weighted by Gasteiger charge is 2.15. The number of hydrazone groups is 1. The Balaban J connectivity index is 1.38. The van der Waals surface area contributed by atoms with Gasteiger partial charge in [0.2, 0.25) is 0 Å². The zero-order valence-electron chi connectivity index (χ0n) is 18.7. The first-order chi connectivity index (χ1) is 17.3. The third-order valence-electron chi connectivity index (χ3n) is 4.54. The van der Waals surface area contributed by atoms with Gasteiger partial charge in [0.25, 0.3) is 0 Å². The number of amides is 4. The average molecular weight is 530 g/mol. The van der Waals surface area contributed by atoms with Crippen LogP contribution in [0.5, 0.6) is 0 Å². The lowest BCUT2D eigenvalue weighted by Gasteiger charge is -2.06. The maximum Gasteiger partial charge on any atom is 0.329 e. The quantitative estimate of drug-likeness (QED) is 0.201. The summed E-state index contributed by atoms with van der Waals surface area (Å²) in [6.07, 6.45) is 1.78. The van der Waals surface area contributed by atoms with Crippen LogP contribution in [0, 0.1) is 0 Å². The van der Waals surface area contributed by atoms with Gasteiger partial charge in [0.15, 0.2) is 0 Å². The van der Waals surface area contributed by atoms with Gasteiger partial charge in [-0.3, -0.25) is 19.2 Å². The molecule has 1 aromatic heterocycles. The van der Waals surface area contributed by atoms with E-state index in [1.54, 1.807) is 6.07 Å². The van der Waals surface area contributed by atoms with E-state index in [0.717, 1.165) is 5.56 Å². The number of furan rings is 1. The number of anilines is 1. The number of hydrogen-bond donors (Lipinski definition) is 4. The van der Waals surface area contributed by atoms with Gasteiger partial charge in [-0.25, -0.2) is 5.43 Å². The van der Waals surface area contributed by atoms with Crippen LogP contribution in [0.15, 0.2) is 70.2 Å². The zero-order chi connectivity index (χ0) is 25.9. The topological polar surface area (TPSA) is 142 Å². The van der Waals surface area contributed by atoms with Gasteiger partial charge in [0, 0.05) is 22.3 Å². The Morgan fingerprint density at radius 2 is 1.53 bits per heavy atom. The van der Waals surface area contributed by atoms with E-state index in [1.165, 1.54) is 30.5 Å². The highest BCUT2D eigenvalue weighted by atomic mass is 35.5. The minimum atomic E-state index is -0.926. The standard InChI is InChI=1S/C24H21Cl2N5O5/c25-16-10-17(26)12-18(11-16)30-23(34)21(32)28-13-19-6-7-20(36-19)14-29-31-24(35)22(33)27-9-8-15-4-2-1-3-5-15/h1-7,10-12,14H,8-9,13H2,(H,27,33)(H,28,32)(H,30,34)(H,31,35)/b29-14+. The predicted molar refractivity (Wildman–Crippen MR) is 135 cm³/mol. The molecule has 1 heterocycles. The minimum Gasteiger partial charge on any atom is -0.458 e. The fraction of sp³-hybridized carbons (Fsp3) is 0.125. The van der Waals surface area contributed by atoms with Crippen LogP contribution < -0.4 is 21.4 Å². The molecule has 0 aliphatic rings. The second-order valence-corrected chi connectivity index (χ2v) is 8.16. The number of hydrogen-bond acceptors (Lipinski definition) is 6. The Kier molecular flexibility index (Phi) is 9.61. The van der Waals surface area contributed by atoms with Crippen LogP contribution >= 0.6 is 23.2 Å². The Bertz CT molecular complexity index is 1260. The minimum absolute atomic E-state index is 0.0768. The van der Waals surface area contributed by atoms with Crippen molar-refractivity contribution in [1.29, 1.82) is 0 Å². The van der Waals surface area contributed by atoms with E-state index in [2.05, 4.69) is 26.5 Å². The Hall–Kier alpha value is -4.15. The molecule has 0 unspecified atom stereocenters. The summed E-state index contributed by atoms with van der Waals surface area (Å²) in [6, 6.07) is 17.0. The molecule has 3 aromatic rings. The molecule has 0 bridgehead atoms. The number of carbonyl (C=O) groups is 4. The molecule has 0 atom stereocenters. The molecular weight excluding hydrogens is 509 g/mol. The monoisotopic (exact) mass is 529 g/mol. The van der Waals surface area contributed by atoms with Crippen molar-refractivity contribution in [3.05, 3.63) is 87.8 Å². The number of benzene rings is 2. The predicted octanol–water partition coefficient (Wildman–Crippen LogP) is 2.65. The summed E-state index contributed by atoms with van der Waals surface area (Å²) < 4.78 is 5.44. The van der Waals surface area contributed by atoms with Gasteiger partial charge in [-0.15, -0.1) is 0 Å². The van der Waals surface area contributed by atoms with Crippen molar-refractivity contribution in [2.75, 3.05) is 11.9 Å². The second-order valence-electron chi connectivity index (χ2n) is 7.29. The van der Waals surface area contributed by atoms with Gasteiger partial charge >= 0.3 is 23.6 Å². The van der Waals surface area contributed by atoms with E-state index in [-0.39, 0.29) is 18.0 Å². The van der Waals surface area contributed by atoms with E-state index >= 15 is 0 Å². The fourth-order valence-electron chi connectivity index (χ4n) is 2.87. The molecular formula is C24H21Cl2N5O5. The Morgan fingerprint density at radius 1 is 0.833 bits per heavy atom. The van der Waals surface area contributed by atoms with Gasteiger partial charge in [-0.2, -0.15) is 5.10 Å². The first-order valence-electron chi connectivity index (χ1n) is 10.6. The second kappa shape index (κ2) is 13.1. The smallest absolute Gasteiger partial charge is 0.329 e. The van der Waals surface area contributed by atoms with Crippen molar-refractivity contribution in [3.8, 4) is 0 Å². The third-order valence-corrected chi connectivity index (χ3v) is 4.97. The first kappa shape index (κ1) is 26.5. The maximum absolute atomic E-state index is 12.0. The number of nitrogens with one attached hydrogen (secondary N) is 4. The van der Waals surface area contributed by atoms with Crippen molar-refractivity contribution >= 4 is 58.7 Å². The first-order valence-corrected chi connectivity index (χ1v) is 11.3. The number of carbonyl (C=O) groups excluding carboxylic acids is 4. The molecule has 0 spiro atoms. The molecule has 0 aliphatic heterocycles. The SMILES string of the molecule is O=C(NCCc1ccccc1)C(=O)N/N=C/c1ccc(CNC(=O)C(=O)Nc2cc(Cl)cc(Cl)c2)o1. The molecule has 3 rings (SSSR count). The highest BCUT2D eigenvalue weighted by molar-refractivity contribution is 6.40. The van der Waals surface area contributed by atoms with E-state index < -0.39 is 23.6 Å². The van der Waals surface area contributed by atoms with Crippen molar-refractivity contribution in [2.45, 2.75) is 13.0 Å². The van der Waals surface area contributed by atoms with E-state index in [9.17, 15) is 19.2 Å². The van der Waals surface area contributed by atoms with Gasteiger partial charge in [-0.05, 0) is 42.3 Å². The third kappa shape index (κ3) is 8.57. The van der Waals surface area contributed by atoms with Gasteiger partial charge in [-0.1, -0.05) is 53.5 Å².